The minimum Gasteiger partial charge on any atom is -0.494 e. The SMILES string of the molecule is CCCOc1ccc(OCC(=O)Nc2ccc(C#N)cc2)cc1. The molecule has 0 atom stereocenters. The second-order valence-electron chi connectivity index (χ2n) is 4.85. The van der Waals surface area contributed by atoms with Gasteiger partial charge in [0.2, 0.25) is 0 Å². The highest BCUT2D eigenvalue weighted by Gasteiger charge is 2.04. The summed E-state index contributed by atoms with van der Waals surface area (Å²) in [4.78, 5) is 11.8. The van der Waals surface area contributed by atoms with Crippen molar-refractivity contribution in [2.45, 2.75) is 13.3 Å². The number of nitrogens with one attached hydrogen (secondary N) is 1. The second-order valence-corrected chi connectivity index (χ2v) is 4.85. The molecule has 0 aliphatic carbocycles. The van der Waals surface area contributed by atoms with Crippen LogP contribution in [-0.2, 0) is 4.79 Å². The standard InChI is InChI=1S/C18H18N2O3/c1-2-11-22-16-7-9-17(10-8-16)23-13-18(21)20-15-5-3-14(12-19)4-6-15/h3-10H,2,11,13H2,1H3,(H,20,21). The third kappa shape index (κ3) is 5.36. The molecule has 0 unspecified atom stereocenters. The lowest BCUT2D eigenvalue weighted by Gasteiger charge is -2.09. The van der Waals surface area contributed by atoms with Gasteiger partial charge >= 0.3 is 0 Å². The molecule has 2 aromatic carbocycles. The van der Waals surface area contributed by atoms with Gasteiger partial charge in [-0.05, 0) is 55.0 Å². The highest BCUT2D eigenvalue weighted by atomic mass is 16.5. The van der Waals surface area contributed by atoms with Crippen LogP contribution in [0.15, 0.2) is 48.5 Å². The number of hydrogen-bond donors (Lipinski definition) is 1. The summed E-state index contributed by atoms with van der Waals surface area (Å²) in [6, 6.07) is 15.8. The average Bonchev–Trinajstić information content (AvgIpc) is 2.59. The lowest BCUT2D eigenvalue weighted by atomic mass is 10.2. The fraction of sp³-hybridized carbons (Fsp3) is 0.222. The maximum Gasteiger partial charge on any atom is 0.262 e. The molecular formula is C18H18N2O3. The number of ether oxygens (including phenoxy) is 2. The van der Waals surface area contributed by atoms with E-state index < -0.39 is 0 Å². The number of amides is 1. The Morgan fingerprint density at radius 3 is 2.22 bits per heavy atom. The lowest BCUT2D eigenvalue weighted by molar-refractivity contribution is -0.118. The normalized spacial score (nSPS) is 9.74. The van der Waals surface area contributed by atoms with Gasteiger partial charge in [-0.1, -0.05) is 6.92 Å². The third-order valence-corrected chi connectivity index (χ3v) is 2.96. The summed E-state index contributed by atoms with van der Waals surface area (Å²) in [6.07, 6.45) is 0.952. The van der Waals surface area contributed by atoms with Crippen LogP contribution in [0.2, 0.25) is 0 Å². The molecule has 0 aliphatic rings. The van der Waals surface area contributed by atoms with Crippen LogP contribution < -0.4 is 14.8 Å². The Kier molecular flexibility index (Phi) is 6.01. The third-order valence-electron chi connectivity index (χ3n) is 2.96. The van der Waals surface area contributed by atoms with Crippen molar-refractivity contribution >= 4 is 11.6 Å². The molecule has 2 aromatic rings. The van der Waals surface area contributed by atoms with Crippen molar-refractivity contribution in [3.8, 4) is 17.6 Å². The molecule has 1 amide bonds. The van der Waals surface area contributed by atoms with Crippen LogP contribution in [0.4, 0.5) is 5.69 Å². The smallest absolute Gasteiger partial charge is 0.262 e. The van der Waals surface area contributed by atoms with Crippen LogP contribution in [-0.4, -0.2) is 19.1 Å². The summed E-state index contributed by atoms with van der Waals surface area (Å²) in [7, 11) is 0. The largest absolute Gasteiger partial charge is 0.494 e. The van der Waals surface area contributed by atoms with E-state index in [0.29, 0.717) is 23.6 Å². The average molecular weight is 310 g/mol. The highest BCUT2D eigenvalue weighted by molar-refractivity contribution is 5.91. The van der Waals surface area contributed by atoms with E-state index in [9.17, 15) is 4.79 Å². The topological polar surface area (TPSA) is 71.3 Å². The fourth-order valence-corrected chi connectivity index (χ4v) is 1.83. The Balaban J connectivity index is 1.80. The molecule has 0 aromatic heterocycles. The Bertz CT molecular complexity index is 673. The van der Waals surface area contributed by atoms with Gasteiger partial charge in [0.1, 0.15) is 11.5 Å². The number of benzene rings is 2. The highest BCUT2D eigenvalue weighted by Crippen LogP contribution is 2.17. The van der Waals surface area contributed by atoms with E-state index in [4.69, 9.17) is 14.7 Å². The van der Waals surface area contributed by atoms with E-state index in [2.05, 4.69) is 5.32 Å². The summed E-state index contributed by atoms with van der Waals surface area (Å²) >= 11 is 0. The van der Waals surface area contributed by atoms with Gasteiger partial charge in [-0.2, -0.15) is 5.26 Å². The van der Waals surface area contributed by atoms with Crippen LogP contribution in [0.5, 0.6) is 11.5 Å². The van der Waals surface area contributed by atoms with Gasteiger partial charge in [0.05, 0.1) is 18.2 Å². The number of nitriles is 1. The minimum atomic E-state index is -0.263. The molecule has 0 heterocycles. The minimum absolute atomic E-state index is 0.0881. The van der Waals surface area contributed by atoms with Crippen LogP contribution in [0.1, 0.15) is 18.9 Å². The summed E-state index contributed by atoms with van der Waals surface area (Å²) in [5.74, 6) is 1.12. The van der Waals surface area contributed by atoms with Crippen molar-refractivity contribution in [3.63, 3.8) is 0 Å². The Hall–Kier alpha value is -3.00. The molecule has 0 radical (unpaired) electrons. The number of hydrogen-bond acceptors (Lipinski definition) is 4. The Labute approximate surface area is 135 Å². The molecule has 5 nitrogen and oxygen atoms in total. The van der Waals surface area contributed by atoms with E-state index in [0.717, 1.165) is 12.2 Å². The molecule has 118 valence electrons. The first-order valence-electron chi connectivity index (χ1n) is 7.37. The zero-order valence-electron chi connectivity index (χ0n) is 12.9. The quantitative estimate of drug-likeness (QED) is 0.851. The Morgan fingerprint density at radius 2 is 1.65 bits per heavy atom. The molecule has 23 heavy (non-hydrogen) atoms. The van der Waals surface area contributed by atoms with Gasteiger partial charge < -0.3 is 14.8 Å². The molecule has 0 spiro atoms. The summed E-state index contributed by atoms with van der Waals surface area (Å²) in [5, 5.41) is 11.4. The maximum absolute atomic E-state index is 11.8. The number of nitrogens with zero attached hydrogens (tertiary/aromatic N) is 1. The first-order chi connectivity index (χ1) is 11.2. The monoisotopic (exact) mass is 310 g/mol. The summed E-state index contributed by atoms with van der Waals surface area (Å²) in [5.41, 5.74) is 1.17. The van der Waals surface area contributed by atoms with Crippen LogP contribution in [0.3, 0.4) is 0 Å². The molecule has 0 saturated carbocycles. The molecule has 0 saturated heterocycles. The van der Waals surface area contributed by atoms with Crippen molar-refractivity contribution in [1.29, 1.82) is 5.26 Å². The lowest BCUT2D eigenvalue weighted by Crippen LogP contribution is -2.20. The molecular weight excluding hydrogens is 292 g/mol. The van der Waals surface area contributed by atoms with E-state index >= 15 is 0 Å². The second kappa shape index (κ2) is 8.44. The first-order valence-corrected chi connectivity index (χ1v) is 7.37. The summed E-state index contributed by atoms with van der Waals surface area (Å²) < 4.78 is 10.9. The Morgan fingerprint density at radius 1 is 1.04 bits per heavy atom. The van der Waals surface area contributed by atoms with Gasteiger partial charge in [0, 0.05) is 5.69 Å². The molecule has 5 heteroatoms. The molecule has 0 fully saturated rings. The van der Waals surface area contributed by atoms with E-state index in [1.54, 1.807) is 36.4 Å². The maximum atomic E-state index is 11.8. The number of anilines is 1. The summed E-state index contributed by atoms with van der Waals surface area (Å²) in [6.45, 7) is 2.63. The van der Waals surface area contributed by atoms with Gasteiger partial charge in [0.25, 0.3) is 5.91 Å². The van der Waals surface area contributed by atoms with Gasteiger partial charge in [-0.15, -0.1) is 0 Å². The molecule has 1 N–H and O–H groups in total. The van der Waals surface area contributed by atoms with Gasteiger partial charge in [0.15, 0.2) is 6.61 Å². The molecule has 2 rings (SSSR count). The predicted molar refractivity (Wildman–Crippen MR) is 87.5 cm³/mol. The molecule has 0 aliphatic heterocycles. The number of carbonyl (C=O) groups excluding carboxylic acids is 1. The van der Waals surface area contributed by atoms with Crippen LogP contribution >= 0.6 is 0 Å². The van der Waals surface area contributed by atoms with Crippen molar-refractivity contribution in [2.75, 3.05) is 18.5 Å². The van der Waals surface area contributed by atoms with Gasteiger partial charge in [-0.25, -0.2) is 0 Å². The van der Waals surface area contributed by atoms with Crippen molar-refractivity contribution < 1.29 is 14.3 Å². The zero-order chi connectivity index (χ0) is 16.5. The van der Waals surface area contributed by atoms with Crippen molar-refractivity contribution in [2.24, 2.45) is 0 Å². The van der Waals surface area contributed by atoms with E-state index in [-0.39, 0.29) is 12.5 Å². The fourth-order valence-electron chi connectivity index (χ4n) is 1.83. The predicted octanol–water partition coefficient (Wildman–Crippen LogP) is 3.36. The van der Waals surface area contributed by atoms with Crippen LogP contribution in [0, 0.1) is 11.3 Å². The molecule has 0 bridgehead atoms. The van der Waals surface area contributed by atoms with E-state index in [1.807, 2.05) is 25.1 Å². The first kappa shape index (κ1) is 16.4. The zero-order valence-corrected chi connectivity index (χ0v) is 12.9. The van der Waals surface area contributed by atoms with Gasteiger partial charge in [-0.3, -0.25) is 4.79 Å². The number of rotatable bonds is 7. The van der Waals surface area contributed by atoms with Crippen LogP contribution in [0.25, 0.3) is 0 Å². The van der Waals surface area contributed by atoms with Crippen molar-refractivity contribution in [1.82, 2.24) is 0 Å². The number of carbonyl (C=O) groups is 1. The van der Waals surface area contributed by atoms with Crippen molar-refractivity contribution in [3.05, 3.63) is 54.1 Å². The van der Waals surface area contributed by atoms with E-state index in [1.165, 1.54) is 0 Å².